The number of hydrogen-bond acceptors (Lipinski definition) is 4. The van der Waals surface area contributed by atoms with E-state index >= 15 is 0 Å². The van der Waals surface area contributed by atoms with Gasteiger partial charge in [-0.1, -0.05) is 41.4 Å². The molecule has 2 unspecified atom stereocenters. The Morgan fingerprint density at radius 1 is 0.640 bits per heavy atom. The number of benzene rings is 2. The largest absolute Gasteiger partial charge is 0.493 e. The van der Waals surface area contributed by atoms with Crippen molar-refractivity contribution in [1.82, 2.24) is 0 Å². The molecule has 0 aliphatic carbocycles. The molecule has 0 heterocycles. The van der Waals surface area contributed by atoms with E-state index < -0.39 is 0 Å². The Bertz CT molecular complexity index is 619. The standard InChI is InChI=1S/C19H26O4P2/c1-20-14-8-5-10-16(18(14)22-3)24-12-7-13-25-17-11-6-9-15(21-2)19(17)23-4/h5-6,8-11,24-25H,7,12-13H2,1-4H3. The van der Waals surface area contributed by atoms with Crippen LogP contribution in [0.1, 0.15) is 6.42 Å². The summed E-state index contributed by atoms with van der Waals surface area (Å²) in [6, 6.07) is 12.1. The Morgan fingerprint density at radius 3 is 1.44 bits per heavy atom. The van der Waals surface area contributed by atoms with Crippen LogP contribution in [-0.2, 0) is 0 Å². The number of rotatable bonds is 10. The normalized spacial score (nSPS) is 11.4. The molecule has 6 heteroatoms. The summed E-state index contributed by atoms with van der Waals surface area (Å²) in [5.74, 6) is 3.33. The molecule has 0 spiro atoms. The van der Waals surface area contributed by atoms with Crippen LogP contribution in [0, 0.1) is 0 Å². The Labute approximate surface area is 153 Å². The molecule has 136 valence electrons. The van der Waals surface area contributed by atoms with E-state index in [1.165, 1.54) is 10.6 Å². The minimum Gasteiger partial charge on any atom is -0.493 e. The number of ether oxygens (including phenoxy) is 4. The number of para-hydroxylation sites is 2. The van der Waals surface area contributed by atoms with Crippen LogP contribution in [-0.4, -0.2) is 40.8 Å². The van der Waals surface area contributed by atoms with Crippen LogP contribution in [0.2, 0.25) is 0 Å². The smallest absolute Gasteiger partial charge is 0.168 e. The van der Waals surface area contributed by atoms with Crippen LogP contribution in [0.25, 0.3) is 0 Å². The molecular weight excluding hydrogens is 354 g/mol. The summed E-state index contributed by atoms with van der Waals surface area (Å²) in [7, 11) is 8.17. The van der Waals surface area contributed by atoms with Gasteiger partial charge in [0.15, 0.2) is 23.0 Å². The molecule has 0 fully saturated rings. The Kier molecular flexibility index (Phi) is 8.31. The van der Waals surface area contributed by atoms with Gasteiger partial charge >= 0.3 is 0 Å². The zero-order valence-electron chi connectivity index (χ0n) is 15.2. The molecule has 25 heavy (non-hydrogen) atoms. The molecule has 0 bridgehead atoms. The summed E-state index contributed by atoms with van der Waals surface area (Å²) < 4.78 is 21.7. The summed E-state index contributed by atoms with van der Waals surface area (Å²) in [5, 5.41) is 2.45. The second kappa shape index (κ2) is 10.5. The molecule has 0 amide bonds. The van der Waals surface area contributed by atoms with Crippen LogP contribution in [0.5, 0.6) is 23.0 Å². The lowest BCUT2D eigenvalue weighted by molar-refractivity contribution is 0.357. The molecule has 0 saturated heterocycles. The maximum Gasteiger partial charge on any atom is 0.168 e. The molecule has 2 rings (SSSR count). The SMILES string of the molecule is COc1cccc(PCCCPc2cccc(OC)c2OC)c1OC. The quantitative estimate of drug-likeness (QED) is 0.468. The third kappa shape index (κ3) is 5.23. The van der Waals surface area contributed by atoms with Crippen molar-refractivity contribution in [2.45, 2.75) is 6.42 Å². The first kappa shape index (κ1) is 19.8. The summed E-state index contributed by atoms with van der Waals surface area (Å²) in [6.45, 7) is 0. The van der Waals surface area contributed by atoms with E-state index in [1.54, 1.807) is 28.4 Å². The lowest BCUT2D eigenvalue weighted by atomic mass is 10.3. The zero-order valence-corrected chi connectivity index (χ0v) is 17.2. The van der Waals surface area contributed by atoms with Gasteiger partial charge in [-0.15, -0.1) is 0 Å². The van der Waals surface area contributed by atoms with Gasteiger partial charge in [0, 0.05) is 10.6 Å². The highest BCUT2D eigenvalue weighted by Crippen LogP contribution is 2.32. The van der Waals surface area contributed by atoms with Gasteiger partial charge in [-0.05, 0) is 30.9 Å². The van der Waals surface area contributed by atoms with Gasteiger partial charge in [-0.2, -0.15) is 0 Å². The van der Waals surface area contributed by atoms with Crippen molar-refractivity contribution in [3.63, 3.8) is 0 Å². The lowest BCUT2D eigenvalue weighted by Crippen LogP contribution is -2.05. The highest BCUT2D eigenvalue weighted by molar-refractivity contribution is 7.48. The average Bonchev–Trinajstić information content (AvgIpc) is 2.66. The molecule has 0 aliphatic heterocycles. The van der Waals surface area contributed by atoms with Crippen LogP contribution in [0.4, 0.5) is 0 Å². The molecule has 0 saturated carbocycles. The monoisotopic (exact) mass is 380 g/mol. The van der Waals surface area contributed by atoms with Crippen molar-refractivity contribution >= 4 is 27.8 Å². The highest BCUT2D eigenvalue weighted by atomic mass is 31.1. The van der Waals surface area contributed by atoms with Gasteiger partial charge < -0.3 is 18.9 Å². The van der Waals surface area contributed by atoms with Gasteiger partial charge in [0.05, 0.1) is 28.4 Å². The Hall–Kier alpha value is -1.50. The summed E-state index contributed by atoms with van der Waals surface area (Å²) in [5.41, 5.74) is 0. The topological polar surface area (TPSA) is 36.9 Å². The van der Waals surface area contributed by atoms with Crippen molar-refractivity contribution in [3.8, 4) is 23.0 Å². The Balaban J connectivity index is 1.87. The van der Waals surface area contributed by atoms with E-state index in [1.807, 2.05) is 24.3 Å². The lowest BCUT2D eigenvalue weighted by Gasteiger charge is -2.13. The number of hydrogen-bond donors (Lipinski definition) is 0. The molecule has 0 aromatic heterocycles. The maximum absolute atomic E-state index is 5.50. The average molecular weight is 380 g/mol. The maximum atomic E-state index is 5.50. The first-order valence-electron chi connectivity index (χ1n) is 8.14. The summed E-state index contributed by atoms with van der Waals surface area (Å²) >= 11 is 0. The highest BCUT2D eigenvalue weighted by Gasteiger charge is 2.10. The van der Waals surface area contributed by atoms with Crippen LogP contribution in [0.3, 0.4) is 0 Å². The van der Waals surface area contributed by atoms with Gasteiger partial charge in [-0.25, -0.2) is 0 Å². The first-order chi connectivity index (χ1) is 12.2. The minimum absolute atomic E-state index is 0.716. The van der Waals surface area contributed by atoms with E-state index in [0.29, 0.717) is 17.2 Å². The van der Waals surface area contributed by atoms with Crippen molar-refractivity contribution in [2.75, 3.05) is 40.8 Å². The second-order valence-corrected chi connectivity index (χ2v) is 8.07. The first-order valence-corrected chi connectivity index (χ1v) is 10.6. The van der Waals surface area contributed by atoms with Crippen LogP contribution < -0.4 is 29.6 Å². The van der Waals surface area contributed by atoms with Gasteiger partial charge in [0.2, 0.25) is 0 Å². The molecule has 4 nitrogen and oxygen atoms in total. The summed E-state index contributed by atoms with van der Waals surface area (Å²) in [6.07, 6.45) is 3.45. The fourth-order valence-corrected chi connectivity index (χ4v) is 5.39. The minimum atomic E-state index is 0.716. The number of methoxy groups -OCH3 is 4. The van der Waals surface area contributed by atoms with Crippen molar-refractivity contribution < 1.29 is 18.9 Å². The van der Waals surface area contributed by atoms with Crippen molar-refractivity contribution in [2.24, 2.45) is 0 Å². The van der Waals surface area contributed by atoms with Crippen LogP contribution in [0.15, 0.2) is 36.4 Å². The third-order valence-electron chi connectivity index (χ3n) is 3.79. The van der Waals surface area contributed by atoms with Gasteiger partial charge in [0.25, 0.3) is 0 Å². The van der Waals surface area contributed by atoms with Gasteiger partial charge in [-0.3, -0.25) is 0 Å². The molecule has 2 atom stereocenters. The molecule has 2 aromatic carbocycles. The van der Waals surface area contributed by atoms with E-state index in [2.05, 4.69) is 12.1 Å². The fraction of sp³-hybridized carbons (Fsp3) is 0.368. The Morgan fingerprint density at radius 2 is 1.08 bits per heavy atom. The van der Waals surface area contributed by atoms with E-state index in [0.717, 1.165) is 41.7 Å². The molecule has 0 N–H and O–H groups in total. The van der Waals surface area contributed by atoms with Crippen molar-refractivity contribution in [1.29, 1.82) is 0 Å². The van der Waals surface area contributed by atoms with E-state index in [-0.39, 0.29) is 0 Å². The van der Waals surface area contributed by atoms with E-state index in [9.17, 15) is 0 Å². The predicted molar refractivity (Wildman–Crippen MR) is 109 cm³/mol. The van der Waals surface area contributed by atoms with Crippen molar-refractivity contribution in [3.05, 3.63) is 36.4 Å². The fourth-order valence-electron chi connectivity index (χ4n) is 2.59. The molecule has 0 aliphatic rings. The second-order valence-electron chi connectivity index (χ2n) is 5.29. The molecule has 2 aromatic rings. The third-order valence-corrected chi connectivity index (χ3v) is 6.55. The van der Waals surface area contributed by atoms with Gasteiger partial charge in [0.1, 0.15) is 0 Å². The summed E-state index contributed by atoms with van der Waals surface area (Å²) in [4.78, 5) is 0. The predicted octanol–water partition coefficient (Wildman–Crippen LogP) is 3.42. The van der Waals surface area contributed by atoms with E-state index in [4.69, 9.17) is 18.9 Å². The molecular formula is C19H26O4P2. The van der Waals surface area contributed by atoms with Crippen LogP contribution >= 0.6 is 17.2 Å². The zero-order chi connectivity index (χ0) is 18.1. The molecule has 0 radical (unpaired) electrons.